The maximum Gasteiger partial charge on any atom is 0.319 e. The number of urea groups is 1. The van der Waals surface area contributed by atoms with Crippen molar-refractivity contribution in [3.05, 3.63) is 24.3 Å². The highest BCUT2D eigenvalue weighted by atomic mass is 16.5. The molecule has 0 aliphatic heterocycles. The van der Waals surface area contributed by atoms with Gasteiger partial charge in [0.05, 0.1) is 0 Å². The van der Waals surface area contributed by atoms with E-state index in [1.165, 1.54) is 0 Å². The number of hydrogen-bond donors (Lipinski definition) is 3. The number of methoxy groups -OCH3 is 1. The number of nitrogens with one attached hydrogen (secondary N) is 2. The van der Waals surface area contributed by atoms with Crippen molar-refractivity contribution in [3.63, 3.8) is 0 Å². The Bertz CT molecular complexity index is 369. The fourth-order valence-corrected chi connectivity index (χ4v) is 1.54. The van der Waals surface area contributed by atoms with E-state index in [1.54, 1.807) is 31.4 Å². The first-order valence-corrected chi connectivity index (χ1v) is 6.11. The maximum absolute atomic E-state index is 11.5. The van der Waals surface area contributed by atoms with Crippen LogP contribution < -0.4 is 16.4 Å². The molecule has 2 amide bonds. The molecule has 0 aromatic heterocycles. The predicted octanol–water partition coefficient (Wildman–Crippen LogP) is 2.21. The van der Waals surface area contributed by atoms with Crippen molar-refractivity contribution < 1.29 is 9.53 Å². The summed E-state index contributed by atoms with van der Waals surface area (Å²) >= 11 is 0. The Hall–Kier alpha value is -1.75. The third-order valence-electron chi connectivity index (χ3n) is 2.46. The van der Waals surface area contributed by atoms with Gasteiger partial charge >= 0.3 is 6.03 Å². The van der Waals surface area contributed by atoms with Crippen LogP contribution in [0.25, 0.3) is 0 Å². The van der Waals surface area contributed by atoms with Crippen LogP contribution in [-0.4, -0.2) is 26.3 Å². The van der Waals surface area contributed by atoms with E-state index in [0.29, 0.717) is 17.9 Å². The number of ether oxygens (including phenoxy) is 1. The number of amides is 2. The van der Waals surface area contributed by atoms with Crippen molar-refractivity contribution in [2.45, 2.75) is 19.3 Å². The smallest absolute Gasteiger partial charge is 0.319 e. The fourth-order valence-electron chi connectivity index (χ4n) is 1.54. The molecule has 0 radical (unpaired) electrons. The summed E-state index contributed by atoms with van der Waals surface area (Å²) in [5.74, 6) is 0. The molecule has 0 saturated heterocycles. The van der Waals surface area contributed by atoms with Gasteiger partial charge in [0, 0.05) is 31.6 Å². The van der Waals surface area contributed by atoms with E-state index >= 15 is 0 Å². The molecule has 0 aliphatic rings. The Kier molecular flexibility index (Phi) is 6.64. The minimum atomic E-state index is -0.202. The van der Waals surface area contributed by atoms with E-state index in [1.807, 2.05) is 0 Å². The van der Waals surface area contributed by atoms with Crippen molar-refractivity contribution >= 4 is 17.4 Å². The monoisotopic (exact) mass is 251 g/mol. The van der Waals surface area contributed by atoms with Gasteiger partial charge in [-0.1, -0.05) is 6.07 Å². The molecule has 0 bridgehead atoms. The number of anilines is 2. The lowest BCUT2D eigenvalue weighted by molar-refractivity contribution is 0.192. The first-order valence-electron chi connectivity index (χ1n) is 6.11. The van der Waals surface area contributed by atoms with Crippen LogP contribution in [0.5, 0.6) is 0 Å². The standard InChI is InChI=1S/C13H21N3O2/c1-18-9-4-2-3-8-15-13(17)16-12-7-5-6-11(14)10-12/h5-7,10H,2-4,8-9,14H2,1H3,(H2,15,16,17). The highest BCUT2D eigenvalue weighted by Gasteiger charge is 2.00. The Morgan fingerprint density at radius 2 is 2.17 bits per heavy atom. The summed E-state index contributed by atoms with van der Waals surface area (Å²) in [6.07, 6.45) is 3.02. The quantitative estimate of drug-likeness (QED) is 0.513. The van der Waals surface area contributed by atoms with Crippen molar-refractivity contribution in [2.24, 2.45) is 0 Å². The van der Waals surface area contributed by atoms with Gasteiger partial charge in [-0.15, -0.1) is 0 Å². The topological polar surface area (TPSA) is 76.4 Å². The van der Waals surface area contributed by atoms with Gasteiger partial charge in [-0.25, -0.2) is 4.79 Å². The van der Waals surface area contributed by atoms with Gasteiger partial charge in [0.25, 0.3) is 0 Å². The minimum Gasteiger partial charge on any atom is -0.399 e. The lowest BCUT2D eigenvalue weighted by Gasteiger charge is -2.07. The van der Waals surface area contributed by atoms with Crippen LogP contribution in [0.2, 0.25) is 0 Å². The molecule has 0 fully saturated rings. The van der Waals surface area contributed by atoms with Gasteiger partial charge in [-0.05, 0) is 37.5 Å². The lowest BCUT2D eigenvalue weighted by Crippen LogP contribution is -2.29. The normalized spacial score (nSPS) is 10.1. The molecule has 0 atom stereocenters. The first kappa shape index (κ1) is 14.3. The van der Waals surface area contributed by atoms with Gasteiger partial charge < -0.3 is 21.1 Å². The number of unbranched alkanes of at least 4 members (excludes halogenated alkanes) is 2. The molecule has 100 valence electrons. The summed E-state index contributed by atoms with van der Waals surface area (Å²) < 4.78 is 4.95. The molecule has 18 heavy (non-hydrogen) atoms. The molecule has 0 saturated carbocycles. The molecule has 1 rings (SSSR count). The minimum absolute atomic E-state index is 0.202. The second-order valence-corrected chi connectivity index (χ2v) is 4.06. The fraction of sp³-hybridized carbons (Fsp3) is 0.462. The van der Waals surface area contributed by atoms with Crippen molar-refractivity contribution in [1.29, 1.82) is 0 Å². The predicted molar refractivity (Wildman–Crippen MR) is 73.6 cm³/mol. The van der Waals surface area contributed by atoms with Crippen LogP contribution in [0.1, 0.15) is 19.3 Å². The van der Waals surface area contributed by atoms with Crippen LogP contribution in [-0.2, 0) is 4.74 Å². The van der Waals surface area contributed by atoms with Gasteiger partial charge in [-0.2, -0.15) is 0 Å². The summed E-state index contributed by atoms with van der Waals surface area (Å²) in [6.45, 7) is 1.44. The van der Waals surface area contributed by atoms with Crippen LogP contribution in [0.15, 0.2) is 24.3 Å². The van der Waals surface area contributed by atoms with Crippen LogP contribution in [0.4, 0.5) is 16.2 Å². The third kappa shape index (κ3) is 6.10. The van der Waals surface area contributed by atoms with Crippen molar-refractivity contribution in [3.8, 4) is 0 Å². The Balaban J connectivity index is 2.14. The summed E-state index contributed by atoms with van der Waals surface area (Å²) in [6, 6.07) is 6.90. The molecule has 1 aromatic rings. The second kappa shape index (κ2) is 8.36. The van der Waals surface area contributed by atoms with Gasteiger partial charge in [0.15, 0.2) is 0 Å². The highest BCUT2D eigenvalue weighted by molar-refractivity contribution is 5.89. The van der Waals surface area contributed by atoms with E-state index in [2.05, 4.69) is 10.6 Å². The lowest BCUT2D eigenvalue weighted by atomic mass is 10.2. The average molecular weight is 251 g/mol. The Morgan fingerprint density at radius 1 is 1.33 bits per heavy atom. The second-order valence-electron chi connectivity index (χ2n) is 4.06. The third-order valence-corrected chi connectivity index (χ3v) is 2.46. The molecule has 0 aliphatic carbocycles. The summed E-state index contributed by atoms with van der Waals surface area (Å²) in [7, 11) is 1.69. The molecular weight excluding hydrogens is 230 g/mol. The first-order chi connectivity index (χ1) is 8.72. The van der Waals surface area contributed by atoms with Crippen molar-refractivity contribution in [1.82, 2.24) is 5.32 Å². The molecule has 0 spiro atoms. The van der Waals surface area contributed by atoms with E-state index in [9.17, 15) is 4.79 Å². The van der Waals surface area contributed by atoms with E-state index in [0.717, 1.165) is 25.9 Å². The SMILES string of the molecule is COCCCCCNC(=O)Nc1cccc(N)c1. The number of rotatable bonds is 7. The zero-order valence-electron chi connectivity index (χ0n) is 10.7. The van der Waals surface area contributed by atoms with Crippen LogP contribution in [0, 0.1) is 0 Å². The van der Waals surface area contributed by atoms with E-state index in [-0.39, 0.29) is 6.03 Å². The van der Waals surface area contributed by atoms with Crippen LogP contribution in [0.3, 0.4) is 0 Å². The number of benzene rings is 1. The van der Waals surface area contributed by atoms with Gasteiger partial charge in [-0.3, -0.25) is 0 Å². The molecule has 4 N–H and O–H groups in total. The Morgan fingerprint density at radius 3 is 2.89 bits per heavy atom. The number of carbonyl (C=O) groups is 1. The van der Waals surface area contributed by atoms with Crippen LogP contribution >= 0.6 is 0 Å². The zero-order chi connectivity index (χ0) is 13.2. The molecular formula is C13H21N3O2. The van der Waals surface area contributed by atoms with E-state index < -0.39 is 0 Å². The Labute approximate surface area is 108 Å². The average Bonchev–Trinajstić information content (AvgIpc) is 2.33. The molecule has 5 nitrogen and oxygen atoms in total. The number of nitrogens with two attached hydrogens (primary N) is 1. The van der Waals surface area contributed by atoms with E-state index in [4.69, 9.17) is 10.5 Å². The zero-order valence-corrected chi connectivity index (χ0v) is 10.7. The molecule has 1 aromatic carbocycles. The maximum atomic E-state index is 11.5. The highest BCUT2D eigenvalue weighted by Crippen LogP contribution is 2.11. The number of hydrogen-bond acceptors (Lipinski definition) is 3. The molecule has 0 unspecified atom stereocenters. The number of carbonyl (C=O) groups excluding carboxylic acids is 1. The van der Waals surface area contributed by atoms with Gasteiger partial charge in [0.2, 0.25) is 0 Å². The number of nitrogen functional groups attached to an aromatic ring is 1. The summed E-state index contributed by atoms with van der Waals surface area (Å²) in [4.78, 5) is 11.5. The summed E-state index contributed by atoms with van der Waals surface area (Å²) in [5, 5.41) is 5.53. The molecule has 0 heterocycles. The largest absolute Gasteiger partial charge is 0.399 e. The van der Waals surface area contributed by atoms with Crippen molar-refractivity contribution in [2.75, 3.05) is 31.3 Å². The van der Waals surface area contributed by atoms with Gasteiger partial charge in [0.1, 0.15) is 0 Å². The summed E-state index contributed by atoms with van der Waals surface area (Å²) in [5.41, 5.74) is 6.95. The molecule has 5 heteroatoms.